The van der Waals surface area contributed by atoms with Crippen molar-refractivity contribution in [3.63, 3.8) is 0 Å². The number of nitrogens with one attached hydrogen (secondary N) is 1. The second-order valence-electron chi connectivity index (χ2n) is 2.23. The van der Waals surface area contributed by atoms with Crippen molar-refractivity contribution in [3.8, 4) is 6.07 Å². The topological polar surface area (TPSA) is 52.5 Å². The van der Waals surface area contributed by atoms with Gasteiger partial charge in [-0.1, -0.05) is 0 Å². The predicted octanol–water partition coefficient (Wildman–Crippen LogP) is 1.09. The summed E-state index contributed by atoms with van der Waals surface area (Å²) in [6.45, 7) is 3.87. The van der Waals surface area contributed by atoms with Crippen molar-refractivity contribution in [3.05, 3.63) is 17.2 Å². The van der Waals surface area contributed by atoms with Gasteiger partial charge in [0.2, 0.25) is 0 Å². The SMILES string of the molecule is Cc1nc(CC#N)[nH]c1C. The predicted molar refractivity (Wildman–Crippen MR) is 37.4 cm³/mol. The first kappa shape index (κ1) is 6.81. The Morgan fingerprint density at radius 2 is 2.30 bits per heavy atom. The molecule has 1 N–H and O–H groups in total. The highest BCUT2D eigenvalue weighted by atomic mass is 14.9. The normalized spacial score (nSPS) is 9.30. The van der Waals surface area contributed by atoms with Crippen molar-refractivity contribution in [2.45, 2.75) is 20.3 Å². The molecule has 1 heterocycles. The summed E-state index contributed by atoms with van der Waals surface area (Å²) in [5.74, 6) is 0.762. The van der Waals surface area contributed by atoms with Gasteiger partial charge < -0.3 is 4.98 Å². The van der Waals surface area contributed by atoms with Gasteiger partial charge in [0.1, 0.15) is 5.82 Å². The van der Waals surface area contributed by atoms with Crippen LogP contribution in [0.25, 0.3) is 0 Å². The lowest BCUT2D eigenvalue weighted by Gasteiger charge is -1.80. The summed E-state index contributed by atoms with van der Waals surface area (Å²) in [5.41, 5.74) is 2.02. The van der Waals surface area contributed by atoms with Crippen LogP contribution < -0.4 is 0 Å². The van der Waals surface area contributed by atoms with Crippen LogP contribution in [0.15, 0.2) is 0 Å². The van der Waals surface area contributed by atoms with Gasteiger partial charge >= 0.3 is 0 Å². The minimum absolute atomic E-state index is 0.370. The van der Waals surface area contributed by atoms with Crippen LogP contribution in [0.1, 0.15) is 17.2 Å². The Hall–Kier alpha value is -1.30. The zero-order valence-electron chi connectivity index (χ0n) is 6.10. The molecule has 0 aliphatic heterocycles. The minimum Gasteiger partial charge on any atom is -0.345 e. The fourth-order valence-electron chi connectivity index (χ4n) is 0.780. The Morgan fingerprint density at radius 1 is 1.60 bits per heavy atom. The van der Waals surface area contributed by atoms with E-state index >= 15 is 0 Å². The minimum atomic E-state index is 0.370. The van der Waals surface area contributed by atoms with Crippen LogP contribution in [-0.4, -0.2) is 9.97 Å². The number of aryl methyl sites for hydroxylation is 2. The Labute approximate surface area is 59.7 Å². The molecule has 0 saturated heterocycles. The third-order valence-electron chi connectivity index (χ3n) is 1.42. The third-order valence-corrected chi connectivity index (χ3v) is 1.42. The number of aromatic nitrogens is 2. The molecule has 3 nitrogen and oxygen atoms in total. The van der Waals surface area contributed by atoms with Gasteiger partial charge in [-0.2, -0.15) is 5.26 Å². The first-order chi connectivity index (χ1) is 4.74. The summed E-state index contributed by atoms with van der Waals surface area (Å²) in [7, 11) is 0. The van der Waals surface area contributed by atoms with E-state index in [1.54, 1.807) is 0 Å². The van der Waals surface area contributed by atoms with Crippen molar-refractivity contribution >= 4 is 0 Å². The van der Waals surface area contributed by atoms with E-state index in [0.29, 0.717) is 6.42 Å². The molecular formula is C7H9N3. The second-order valence-corrected chi connectivity index (χ2v) is 2.23. The van der Waals surface area contributed by atoms with E-state index in [1.165, 1.54) is 0 Å². The molecule has 1 rings (SSSR count). The zero-order valence-corrected chi connectivity index (χ0v) is 6.10. The Morgan fingerprint density at radius 3 is 2.70 bits per heavy atom. The van der Waals surface area contributed by atoms with E-state index in [4.69, 9.17) is 5.26 Å². The number of imidazole rings is 1. The number of H-pyrrole nitrogens is 1. The Bertz CT molecular complexity index is 247. The second kappa shape index (κ2) is 2.53. The standard InChI is InChI=1S/C7H9N3/c1-5-6(2)10-7(9-5)3-4-8/h3H2,1-2H3,(H,9,10). The van der Waals surface area contributed by atoms with Crippen LogP contribution in [0.5, 0.6) is 0 Å². The maximum atomic E-state index is 8.31. The fraction of sp³-hybridized carbons (Fsp3) is 0.429. The zero-order chi connectivity index (χ0) is 7.56. The van der Waals surface area contributed by atoms with E-state index in [9.17, 15) is 0 Å². The van der Waals surface area contributed by atoms with Crippen molar-refractivity contribution in [1.29, 1.82) is 5.26 Å². The van der Waals surface area contributed by atoms with Gasteiger partial charge in [0.15, 0.2) is 0 Å². The third kappa shape index (κ3) is 1.16. The van der Waals surface area contributed by atoms with Crippen LogP contribution in [-0.2, 0) is 6.42 Å². The van der Waals surface area contributed by atoms with Crippen LogP contribution in [0.4, 0.5) is 0 Å². The molecular weight excluding hydrogens is 126 g/mol. The first-order valence-corrected chi connectivity index (χ1v) is 3.13. The summed E-state index contributed by atoms with van der Waals surface area (Å²) < 4.78 is 0. The lowest BCUT2D eigenvalue weighted by molar-refractivity contribution is 1.05. The van der Waals surface area contributed by atoms with E-state index in [-0.39, 0.29) is 0 Å². The van der Waals surface area contributed by atoms with E-state index in [1.807, 2.05) is 19.9 Å². The van der Waals surface area contributed by atoms with Crippen molar-refractivity contribution < 1.29 is 0 Å². The van der Waals surface area contributed by atoms with E-state index < -0.39 is 0 Å². The van der Waals surface area contributed by atoms with E-state index in [0.717, 1.165) is 17.2 Å². The molecule has 0 aromatic carbocycles. The maximum Gasteiger partial charge on any atom is 0.120 e. The molecule has 1 aromatic heterocycles. The van der Waals surface area contributed by atoms with Crippen molar-refractivity contribution in [1.82, 2.24) is 9.97 Å². The molecule has 1 aromatic rings. The maximum absolute atomic E-state index is 8.31. The number of aromatic amines is 1. The van der Waals surface area contributed by atoms with Crippen LogP contribution in [0, 0.1) is 25.2 Å². The quantitative estimate of drug-likeness (QED) is 0.626. The summed E-state index contributed by atoms with van der Waals surface area (Å²) in [5, 5.41) is 8.31. The summed E-state index contributed by atoms with van der Waals surface area (Å²) >= 11 is 0. The van der Waals surface area contributed by atoms with Crippen molar-refractivity contribution in [2.24, 2.45) is 0 Å². The lowest BCUT2D eigenvalue weighted by Crippen LogP contribution is -1.82. The Balaban J connectivity index is 2.90. The largest absolute Gasteiger partial charge is 0.345 e. The lowest BCUT2D eigenvalue weighted by atomic mass is 10.4. The highest BCUT2D eigenvalue weighted by Crippen LogP contribution is 2.02. The first-order valence-electron chi connectivity index (χ1n) is 3.13. The molecule has 0 amide bonds. The van der Waals surface area contributed by atoms with E-state index in [2.05, 4.69) is 9.97 Å². The molecule has 52 valence electrons. The molecule has 0 atom stereocenters. The number of rotatable bonds is 1. The van der Waals surface area contributed by atoms with Crippen molar-refractivity contribution in [2.75, 3.05) is 0 Å². The van der Waals surface area contributed by atoms with Gasteiger partial charge in [-0.15, -0.1) is 0 Å². The monoisotopic (exact) mass is 135 g/mol. The smallest absolute Gasteiger partial charge is 0.120 e. The molecule has 0 unspecified atom stereocenters. The van der Waals surface area contributed by atoms with Gasteiger partial charge in [0, 0.05) is 5.69 Å². The van der Waals surface area contributed by atoms with Gasteiger partial charge in [0.05, 0.1) is 18.2 Å². The van der Waals surface area contributed by atoms with Gasteiger partial charge in [-0.05, 0) is 13.8 Å². The Kier molecular flexibility index (Phi) is 1.72. The number of hydrogen-bond donors (Lipinski definition) is 1. The van der Waals surface area contributed by atoms with Crippen LogP contribution >= 0.6 is 0 Å². The molecule has 10 heavy (non-hydrogen) atoms. The van der Waals surface area contributed by atoms with Crippen LogP contribution in [0.2, 0.25) is 0 Å². The molecule has 0 saturated carbocycles. The summed E-state index contributed by atoms with van der Waals surface area (Å²) in [4.78, 5) is 7.13. The van der Waals surface area contributed by atoms with Crippen LogP contribution in [0.3, 0.4) is 0 Å². The number of nitriles is 1. The molecule has 0 spiro atoms. The number of hydrogen-bond acceptors (Lipinski definition) is 2. The highest BCUT2D eigenvalue weighted by molar-refractivity contribution is 5.12. The molecule has 0 aliphatic carbocycles. The number of nitrogens with zero attached hydrogens (tertiary/aromatic N) is 2. The van der Waals surface area contributed by atoms with Gasteiger partial charge in [-0.3, -0.25) is 0 Å². The molecule has 0 radical (unpaired) electrons. The summed E-state index contributed by atoms with van der Waals surface area (Å²) in [6.07, 6.45) is 0.370. The average molecular weight is 135 g/mol. The highest BCUT2D eigenvalue weighted by Gasteiger charge is 1.99. The molecule has 0 fully saturated rings. The molecule has 3 heteroatoms. The summed E-state index contributed by atoms with van der Waals surface area (Å²) in [6, 6.07) is 2.03. The molecule has 0 aliphatic rings. The fourth-order valence-corrected chi connectivity index (χ4v) is 0.780. The molecule has 0 bridgehead atoms. The van der Waals surface area contributed by atoms with Gasteiger partial charge in [0.25, 0.3) is 0 Å². The average Bonchev–Trinajstić information content (AvgIpc) is 2.14. The van der Waals surface area contributed by atoms with Gasteiger partial charge in [-0.25, -0.2) is 4.98 Å².